The maximum atomic E-state index is 12.8. The van der Waals surface area contributed by atoms with Crippen molar-refractivity contribution in [2.24, 2.45) is 11.8 Å². The van der Waals surface area contributed by atoms with Gasteiger partial charge in [-0.25, -0.2) is 4.79 Å². The van der Waals surface area contributed by atoms with Crippen LogP contribution in [0.3, 0.4) is 0 Å². The average Bonchev–Trinajstić information content (AvgIpc) is 3.10. The van der Waals surface area contributed by atoms with E-state index in [0.717, 1.165) is 25.7 Å². The quantitative estimate of drug-likeness (QED) is 0.0522. The number of unbranched alkanes of at least 4 members (excludes halogenated alkanes) is 16. The molecule has 1 rings (SSSR count). The molecule has 3 amide bonds. The molecule has 0 radical (unpaired) electrons. The minimum absolute atomic E-state index is 0.00209. The summed E-state index contributed by atoms with van der Waals surface area (Å²) in [7, 11) is 0. The zero-order valence-corrected chi connectivity index (χ0v) is 31.3. The fourth-order valence-electron chi connectivity index (χ4n) is 6.52. The van der Waals surface area contributed by atoms with Crippen molar-refractivity contribution in [2.75, 3.05) is 39.5 Å². The molecule has 49 heavy (non-hydrogen) atoms. The number of hydrogen-bond acceptors (Lipinski definition) is 6. The fraction of sp³-hybridized carbons (Fsp3) is 0.897. The van der Waals surface area contributed by atoms with Gasteiger partial charge in [-0.1, -0.05) is 110 Å². The Hall–Kier alpha value is -2.20. The molecule has 1 fully saturated rings. The van der Waals surface area contributed by atoms with Gasteiger partial charge in [-0.05, 0) is 51.4 Å². The van der Waals surface area contributed by atoms with Crippen LogP contribution in [-0.2, 0) is 28.7 Å². The molecule has 286 valence electrons. The highest BCUT2D eigenvalue weighted by atomic mass is 16.5. The van der Waals surface area contributed by atoms with Crippen LogP contribution < -0.4 is 16.0 Å². The Morgan fingerprint density at radius 2 is 1.14 bits per heavy atom. The third-order valence-corrected chi connectivity index (χ3v) is 9.73. The summed E-state index contributed by atoms with van der Waals surface area (Å²) in [6.07, 6.45) is 26.1. The van der Waals surface area contributed by atoms with E-state index >= 15 is 0 Å². The molecule has 0 aromatic carbocycles. The zero-order valence-electron chi connectivity index (χ0n) is 31.3. The highest BCUT2D eigenvalue weighted by Gasteiger charge is 2.29. The molecular weight excluding hydrogens is 622 g/mol. The van der Waals surface area contributed by atoms with Crippen molar-refractivity contribution >= 4 is 23.7 Å². The van der Waals surface area contributed by atoms with Gasteiger partial charge in [0.15, 0.2) is 0 Å². The second-order valence-electron chi connectivity index (χ2n) is 14.0. The molecule has 0 bridgehead atoms. The van der Waals surface area contributed by atoms with Gasteiger partial charge in [-0.2, -0.15) is 0 Å². The first-order valence-electron chi connectivity index (χ1n) is 20.1. The van der Waals surface area contributed by atoms with Crippen molar-refractivity contribution in [3.63, 3.8) is 0 Å². The van der Waals surface area contributed by atoms with Gasteiger partial charge < -0.3 is 30.5 Å². The van der Waals surface area contributed by atoms with Crippen molar-refractivity contribution in [3.05, 3.63) is 0 Å². The first kappa shape index (κ1) is 44.8. The first-order valence-corrected chi connectivity index (χ1v) is 20.1. The van der Waals surface area contributed by atoms with E-state index in [4.69, 9.17) is 9.47 Å². The molecule has 0 aliphatic heterocycles. The second-order valence-corrected chi connectivity index (χ2v) is 14.0. The van der Waals surface area contributed by atoms with Gasteiger partial charge in [0.05, 0.1) is 19.8 Å². The van der Waals surface area contributed by atoms with Crippen LogP contribution in [0.2, 0.25) is 0 Å². The van der Waals surface area contributed by atoms with Crippen molar-refractivity contribution in [1.82, 2.24) is 16.0 Å². The second kappa shape index (κ2) is 31.8. The molecule has 0 saturated heterocycles. The Balaban J connectivity index is 2.02. The molecular formula is C39H73N3O7. The largest absolute Gasteiger partial charge is 0.480 e. The van der Waals surface area contributed by atoms with Crippen LogP contribution in [0.4, 0.5) is 0 Å². The van der Waals surface area contributed by atoms with Gasteiger partial charge in [0.25, 0.3) is 0 Å². The summed E-state index contributed by atoms with van der Waals surface area (Å²) in [6, 6.07) is -1.10. The van der Waals surface area contributed by atoms with E-state index in [9.17, 15) is 24.3 Å². The predicted molar refractivity (Wildman–Crippen MR) is 196 cm³/mol. The molecule has 4 N–H and O–H groups in total. The molecule has 0 aromatic heterocycles. The minimum Gasteiger partial charge on any atom is -0.480 e. The van der Waals surface area contributed by atoms with Gasteiger partial charge >= 0.3 is 5.97 Å². The van der Waals surface area contributed by atoms with Crippen LogP contribution in [-0.4, -0.2) is 74.4 Å². The van der Waals surface area contributed by atoms with Gasteiger partial charge in [-0.15, -0.1) is 0 Å². The monoisotopic (exact) mass is 696 g/mol. The summed E-state index contributed by atoms with van der Waals surface area (Å²) in [5.74, 6) is -1.48. The number of carbonyl (C=O) groups is 4. The Morgan fingerprint density at radius 1 is 0.633 bits per heavy atom. The maximum absolute atomic E-state index is 12.8. The van der Waals surface area contributed by atoms with E-state index in [0.29, 0.717) is 64.7 Å². The van der Waals surface area contributed by atoms with Crippen LogP contribution in [0.15, 0.2) is 0 Å². The molecule has 1 unspecified atom stereocenters. The van der Waals surface area contributed by atoms with Gasteiger partial charge in [0.1, 0.15) is 6.04 Å². The predicted octanol–water partition coefficient (Wildman–Crippen LogP) is 7.47. The Morgan fingerprint density at radius 3 is 1.67 bits per heavy atom. The molecule has 1 aliphatic rings. The molecule has 1 aliphatic carbocycles. The summed E-state index contributed by atoms with van der Waals surface area (Å²) in [6.45, 7) is 7.08. The standard InChI is InChI=1S/C39H73N3O7/c1-3-5-6-7-8-9-10-11-12-13-14-15-16-17-18-19-20-21-36(43)41-32-33-22-24-34(25-23-33)38(45)42-35(39(46)47)26-27-37(44)40-28-29-49-31-30-48-4-2/h33-35H,3-32H2,1-2H3,(H,40,44)(H,41,43)(H,42,45)(H,46,47). The van der Waals surface area contributed by atoms with Gasteiger partial charge in [-0.3, -0.25) is 14.4 Å². The van der Waals surface area contributed by atoms with E-state index in [-0.39, 0.29) is 36.5 Å². The number of hydrogen-bond donors (Lipinski definition) is 4. The van der Waals surface area contributed by atoms with Crippen LogP contribution in [0.5, 0.6) is 0 Å². The van der Waals surface area contributed by atoms with Crippen LogP contribution in [0.1, 0.15) is 168 Å². The Labute approximate surface area is 298 Å². The number of aliphatic carboxylic acids is 1. The van der Waals surface area contributed by atoms with E-state index < -0.39 is 12.0 Å². The van der Waals surface area contributed by atoms with E-state index in [2.05, 4.69) is 22.9 Å². The van der Waals surface area contributed by atoms with E-state index in [1.807, 2.05) is 6.92 Å². The van der Waals surface area contributed by atoms with Crippen LogP contribution in [0, 0.1) is 11.8 Å². The van der Waals surface area contributed by atoms with Crippen molar-refractivity contribution in [2.45, 2.75) is 174 Å². The highest BCUT2D eigenvalue weighted by Crippen LogP contribution is 2.29. The summed E-state index contributed by atoms with van der Waals surface area (Å²) in [5.41, 5.74) is 0. The molecule has 10 nitrogen and oxygen atoms in total. The van der Waals surface area contributed by atoms with Crippen LogP contribution in [0.25, 0.3) is 0 Å². The summed E-state index contributed by atoms with van der Waals surface area (Å²) in [4.78, 5) is 49.0. The molecule has 1 saturated carbocycles. The maximum Gasteiger partial charge on any atom is 0.326 e. The zero-order chi connectivity index (χ0) is 35.8. The molecule has 10 heteroatoms. The molecule has 0 spiro atoms. The number of carboxylic acids is 1. The SMILES string of the molecule is CCCCCCCCCCCCCCCCCCCC(=O)NCC1CCC(C(=O)NC(CCC(=O)NCCOCCOCC)C(=O)O)CC1. The number of rotatable bonds is 33. The van der Waals surface area contributed by atoms with Gasteiger partial charge in [0.2, 0.25) is 17.7 Å². The summed E-state index contributed by atoms with van der Waals surface area (Å²) < 4.78 is 10.5. The number of carboxylic acid groups (broad SMARTS) is 1. The Kier molecular flexibility index (Phi) is 29.0. The lowest BCUT2D eigenvalue weighted by atomic mass is 9.81. The van der Waals surface area contributed by atoms with Crippen molar-refractivity contribution in [1.29, 1.82) is 0 Å². The number of carbonyl (C=O) groups excluding carboxylic acids is 3. The van der Waals surface area contributed by atoms with E-state index in [1.165, 1.54) is 96.3 Å². The smallest absolute Gasteiger partial charge is 0.326 e. The number of amides is 3. The lowest BCUT2D eigenvalue weighted by Crippen LogP contribution is -2.45. The normalized spacial score (nSPS) is 16.6. The first-order chi connectivity index (χ1) is 23.9. The topological polar surface area (TPSA) is 143 Å². The van der Waals surface area contributed by atoms with Crippen LogP contribution >= 0.6 is 0 Å². The highest BCUT2D eigenvalue weighted by molar-refractivity contribution is 5.85. The third kappa shape index (κ3) is 26.3. The summed E-state index contributed by atoms with van der Waals surface area (Å²) >= 11 is 0. The van der Waals surface area contributed by atoms with Crippen molar-refractivity contribution in [3.8, 4) is 0 Å². The van der Waals surface area contributed by atoms with Crippen molar-refractivity contribution < 1.29 is 33.8 Å². The van der Waals surface area contributed by atoms with E-state index in [1.54, 1.807) is 0 Å². The third-order valence-electron chi connectivity index (χ3n) is 9.73. The Bertz CT molecular complexity index is 848. The lowest BCUT2D eigenvalue weighted by molar-refractivity contribution is -0.143. The summed E-state index contributed by atoms with van der Waals surface area (Å²) in [5, 5.41) is 18.0. The average molecular weight is 696 g/mol. The number of nitrogens with one attached hydrogen (secondary N) is 3. The van der Waals surface area contributed by atoms with Gasteiger partial charge in [0, 0.05) is 38.5 Å². The number of ether oxygens (including phenoxy) is 2. The molecule has 0 heterocycles. The molecule has 1 atom stereocenters. The minimum atomic E-state index is -1.14. The molecule has 0 aromatic rings. The lowest BCUT2D eigenvalue weighted by Gasteiger charge is -2.28. The fourth-order valence-corrected chi connectivity index (χ4v) is 6.52.